The number of allylic oxidation sites excluding steroid dienone is 1. The largest absolute Gasteiger partial charge is 0.492 e. The molecule has 4 aromatic rings. The highest BCUT2D eigenvalue weighted by Gasteiger charge is 2.14. The Balaban J connectivity index is 1.62. The minimum absolute atomic E-state index is 0.230. The third-order valence-corrected chi connectivity index (χ3v) is 6.24. The van der Waals surface area contributed by atoms with E-state index in [1.165, 1.54) is 16.7 Å². The van der Waals surface area contributed by atoms with Gasteiger partial charge in [-0.15, -0.1) is 0 Å². The second-order valence-electron chi connectivity index (χ2n) is 8.98. The first-order valence-electron chi connectivity index (χ1n) is 12.8. The third-order valence-electron chi connectivity index (χ3n) is 6.24. The van der Waals surface area contributed by atoms with Crippen LogP contribution in [0.1, 0.15) is 41.2 Å². The number of hydrogen-bond acceptors (Lipinski definition) is 3. The minimum atomic E-state index is -1.06. The van der Waals surface area contributed by atoms with Crippen molar-refractivity contribution >= 4 is 17.2 Å². The molecule has 0 spiro atoms. The fourth-order valence-corrected chi connectivity index (χ4v) is 4.30. The Morgan fingerprint density at radius 3 is 1.84 bits per heavy atom. The van der Waals surface area contributed by atoms with E-state index in [0.717, 1.165) is 34.4 Å². The summed E-state index contributed by atoms with van der Waals surface area (Å²) in [7, 11) is 0. The summed E-state index contributed by atoms with van der Waals surface area (Å²) in [6.45, 7) is 5.30. The first-order valence-corrected chi connectivity index (χ1v) is 12.8. The first kappa shape index (κ1) is 26.6. The van der Waals surface area contributed by atoms with Crippen molar-refractivity contribution in [3.63, 3.8) is 0 Å². The van der Waals surface area contributed by atoms with Gasteiger partial charge in [0.25, 0.3) is 0 Å². The summed E-state index contributed by atoms with van der Waals surface area (Å²) in [5, 5.41) is 11.0. The number of rotatable bonds is 11. The van der Waals surface area contributed by atoms with Crippen LogP contribution in [0.5, 0.6) is 11.5 Å². The molecule has 0 radical (unpaired) electrons. The summed E-state index contributed by atoms with van der Waals surface area (Å²) in [6, 6.07) is 35.0. The predicted molar refractivity (Wildman–Crippen MR) is 153 cm³/mol. The summed E-state index contributed by atoms with van der Waals surface area (Å²) >= 11 is 0. The maximum absolute atomic E-state index is 10.6. The van der Waals surface area contributed by atoms with E-state index >= 15 is 0 Å². The van der Waals surface area contributed by atoms with Crippen LogP contribution in [0.2, 0.25) is 0 Å². The lowest BCUT2D eigenvalue weighted by atomic mass is 9.88. The van der Waals surface area contributed by atoms with Gasteiger partial charge in [0.1, 0.15) is 24.7 Å². The van der Waals surface area contributed by atoms with E-state index in [0.29, 0.717) is 12.4 Å². The van der Waals surface area contributed by atoms with Crippen LogP contribution >= 0.6 is 0 Å². The average Bonchev–Trinajstić information content (AvgIpc) is 2.95. The Morgan fingerprint density at radius 1 is 0.737 bits per heavy atom. The molecular formula is C33H33NO4. The van der Waals surface area contributed by atoms with Crippen molar-refractivity contribution in [2.45, 2.75) is 26.9 Å². The quantitative estimate of drug-likeness (QED) is 0.162. The Labute approximate surface area is 224 Å². The van der Waals surface area contributed by atoms with Crippen LogP contribution in [-0.2, 0) is 6.61 Å². The fourth-order valence-electron chi connectivity index (χ4n) is 4.30. The molecule has 1 amide bonds. The van der Waals surface area contributed by atoms with Crippen molar-refractivity contribution in [2.24, 2.45) is 0 Å². The van der Waals surface area contributed by atoms with E-state index in [2.05, 4.69) is 79.8 Å². The van der Waals surface area contributed by atoms with E-state index in [1.54, 1.807) is 0 Å². The highest BCUT2D eigenvalue weighted by molar-refractivity contribution is 5.98. The molecule has 4 rings (SSSR count). The van der Waals surface area contributed by atoms with Crippen LogP contribution in [0, 0.1) is 6.92 Å². The van der Waals surface area contributed by atoms with Gasteiger partial charge in [-0.05, 0) is 71.0 Å². The van der Waals surface area contributed by atoms with Crippen molar-refractivity contribution < 1.29 is 19.4 Å². The molecule has 0 unspecified atom stereocenters. The van der Waals surface area contributed by atoms with Crippen molar-refractivity contribution in [3.05, 3.63) is 131 Å². The number of amides is 1. The summed E-state index contributed by atoms with van der Waals surface area (Å²) in [5.41, 5.74) is 8.14. The van der Waals surface area contributed by atoms with E-state index in [-0.39, 0.29) is 13.2 Å². The standard InChI is InChI=1S/C33H33NO4/c1-3-31(26-11-9-24(2)10-12-26)32(27-13-17-29(18-14-27)37-22-21-34-33(35)36)28-15-19-30(20-16-28)38-23-25-7-5-4-6-8-25/h4-20,34H,3,21-23H2,1-2H3,(H,35,36)/b32-31+. The number of benzene rings is 4. The normalized spacial score (nSPS) is 11.4. The first-order chi connectivity index (χ1) is 18.5. The van der Waals surface area contributed by atoms with Gasteiger partial charge < -0.3 is 19.9 Å². The summed E-state index contributed by atoms with van der Waals surface area (Å²) in [5.74, 6) is 1.52. The van der Waals surface area contributed by atoms with Crippen molar-refractivity contribution in [1.29, 1.82) is 0 Å². The Morgan fingerprint density at radius 2 is 1.29 bits per heavy atom. The topological polar surface area (TPSA) is 67.8 Å². The molecule has 0 heterocycles. The Hall–Kier alpha value is -4.51. The molecule has 0 aromatic heterocycles. The zero-order valence-electron chi connectivity index (χ0n) is 21.8. The van der Waals surface area contributed by atoms with Gasteiger partial charge in [0.05, 0.1) is 6.54 Å². The van der Waals surface area contributed by atoms with Gasteiger partial charge in [-0.3, -0.25) is 0 Å². The van der Waals surface area contributed by atoms with Crippen LogP contribution < -0.4 is 14.8 Å². The molecule has 4 aromatic carbocycles. The zero-order valence-corrected chi connectivity index (χ0v) is 21.8. The minimum Gasteiger partial charge on any atom is -0.492 e. The van der Waals surface area contributed by atoms with Crippen molar-refractivity contribution in [3.8, 4) is 11.5 Å². The maximum atomic E-state index is 10.6. The predicted octanol–water partition coefficient (Wildman–Crippen LogP) is 7.59. The Bertz CT molecular complexity index is 1340. The van der Waals surface area contributed by atoms with Crippen LogP contribution in [-0.4, -0.2) is 24.4 Å². The molecule has 5 heteroatoms. The van der Waals surface area contributed by atoms with Gasteiger partial charge in [0, 0.05) is 0 Å². The molecule has 5 nitrogen and oxygen atoms in total. The molecule has 0 bridgehead atoms. The van der Waals surface area contributed by atoms with Crippen molar-refractivity contribution in [2.75, 3.05) is 13.2 Å². The van der Waals surface area contributed by atoms with Gasteiger partial charge in [-0.1, -0.05) is 91.3 Å². The molecule has 0 aliphatic carbocycles. The van der Waals surface area contributed by atoms with E-state index in [4.69, 9.17) is 14.6 Å². The average molecular weight is 508 g/mol. The second-order valence-corrected chi connectivity index (χ2v) is 8.98. The van der Waals surface area contributed by atoms with Gasteiger partial charge >= 0.3 is 6.09 Å². The number of hydrogen-bond donors (Lipinski definition) is 2. The summed E-state index contributed by atoms with van der Waals surface area (Å²) < 4.78 is 11.7. The van der Waals surface area contributed by atoms with Gasteiger partial charge in [0.15, 0.2) is 0 Å². The SMILES string of the molecule is CC/C(=C(/c1ccc(OCCNC(=O)O)cc1)c1ccc(OCc2ccccc2)cc1)c1ccc(C)cc1. The van der Waals surface area contributed by atoms with Gasteiger partial charge in [-0.25, -0.2) is 4.79 Å². The van der Waals surface area contributed by atoms with Crippen LogP contribution in [0.3, 0.4) is 0 Å². The number of nitrogens with one attached hydrogen (secondary N) is 1. The van der Waals surface area contributed by atoms with E-state index < -0.39 is 6.09 Å². The van der Waals surface area contributed by atoms with Crippen molar-refractivity contribution in [1.82, 2.24) is 5.32 Å². The van der Waals surface area contributed by atoms with E-state index in [1.807, 2.05) is 42.5 Å². The molecule has 0 aliphatic rings. The van der Waals surface area contributed by atoms with Gasteiger partial charge in [0.2, 0.25) is 0 Å². The summed E-state index contributed by atoms with van der Waals surface area (Å²) in [4.78, 5) is 10.6. The lowest BCUT2D eigenvalue weighted by Gasteiger charge is -2.17. The van der Waals surface area contributed by atoms with Crippen LogP contribution in [0.4, 0.5) is 4.79 Å². The smallest absolute Gasteiger partial charge is 0.404 e. The van der Waals surface area contributed by atoms with Crippen LogP contribution in [0.25, 0.3) is 11.1 Å². The molecule has 38 heavy (non-hydrogen) atoms. The summed E-state index contributed by atoms with van der Waals surface area (Å²) in [6.07, 6.45) is -0.192. The Kier molecular flexibility index (Phi) is 9.19. The van der Waals surface area contributed by atoms with Crippen LogP contribution in [0.15, 0.2) is 103 Å². The molecule has 0 saturated carbocycles. The molecule has 0 saturated heterocycles. The fraction of sp³-hybridized carbons (Fsp3) is 0.182. The number of carbonyl (C=O) groups is 1. The number of carboxylic acid groups (broad SMARTS) is 1. The lowest BCUT2D eigenvalue weighted by Crippen LogP contribution is -2.26. The second kappa shape index (κ2) is 13.2. The maximum Gasteiger partial charge on any atom is 0.404 e. The van der Waals surface area contributed by atoms with E-state index in [9.17, 15) is 4.79 Å². The zero-order chi connectivity index (χ0) is 26.7. The number of aryl methyl sites for hydroxylation is 1. The monoisotopic (exact) mass is 507 g/mol. The molecule has 2 N–H and O–H groups in total. The highest BCUT2D eigenvalue weighted by Crippen LogP contribution is 2.36. The lowest BCUT2D eigenvalue weighted by molar-refractivity contribution is 0.191. The number of ether oxygens (including phenoxy) is 2. The molecule has 0 fully saturated rings. The molecule has 0 atom stereocenters. The highest BCUT2D eigenvalue weighted by atomic mass is 16.5. The molecular weight excluding hydrogens is 474 g/mol. The third kappa shape index (κ3) is 7.26. The molecule has 194 valence electrons. The van der Waals surface area contributed by atoms with Gasteiger partial charge in [-0.2, -0.15) is 0 Å². The molecule has 0 aliphatic heterocycles.